The Balaban J connectivity index is 1.80. The first kappa shape index (κ1) is 16.2. The molecule has 0 aliphatic carbocycles. The molecule has 0 saturated carbocycles. The molecule has 1 N–H and O–H groups in total. The van der Waals surface area contributed by atoms with E-state index in [1.165, 1.54) is 38.2 Å². The van der Waals surface area contributed by atoms with Gasteiger partial charge in [-0.2, -0.15) is 0 Å². The summed E-state index contributed by atoms with van der Waals surface area (Å²) in [6.07, 6.45) is 3.75. The van der Waals surface area contributed by atoms with Gasteiger partial charge in [0.2, 0.25) is 0 Å². The van der Waals surface area contributed by atoms with Crippen LogP contribution >= 0.6 is 0 Å². The van der Waals surface area contributed by atoms with E-state index in [1.54, 1.807) is 0 Å². The van der Waals surface area contributed by atoms with Crippen molar-refractivity contribution in [3.05, 3.63) is 23.9 Å². The lowest BCUT2D eigenvalue weighted by molar-refractivity contribution is 0.155. The van der Waals surface area contributed by atoms with E-state index in [-0.39, 0.29) is 0 Å². The second kappa shape index (κ2) is 8.35. The normalized spacial score (nSPS) is 17.3. The Morgan fingerprint density at radius 2 is 2.05 bits per heavy atom. The molecule has 4 heteroatoms. The molecule has 0 aromatic carbocycles. The minimum absolute atomic E-state index is 0.863. The van der Waals surface area contributed by atoms with Gasteiger partial charge in [0, 0.05) is 19.6 Å². The van der Waals surface area contributed by atoms with Gasteiger partial charge in [-0.05, 0) is 64.5 Å². The van der Waals surface area contributed by atoms with E-state index in [4.69, 9.17) is 4.98 Å². The van der Waals surface area contributed by atoms with Gasteiger partial charge < -0.3 is 10.2 Å². The highest BCUT2D eigenvalue weighted by atomic mass is 15.1. The SMILES string of the molecule is CCCNc1cccc(CN2CCC(CN(C)C)CC2)n1. The molecular weight excluding hydrogens is 260 g/mol. The topological polar surface area (TPSA) is 31.4 Å². The molecule has 2 heterocycles. The molecule has 1 aromatic heterocycles. The molecule has 1 fully saturated rings. The predicted molar refractivity (Wildman–Crippen MR) is 89.6 cm³/mol. The van der Waals surface area contributed by atoms with Crippen molar-refractivity contribution in [2.75, 3.05) is 45.6 Å². The van der Waals surface area contributed by atoms with Crippen molar-refractivity contribution in [2.24, 2.45) is 5.92 Å². The summed E-state index contributed by atoms with van der Waals surface area (Å²) < 4.78 is 0. The van der Waals surface area contributed by atoms with Gasteiger partial charge in [-0.3, -0.25) is 4.90 Å². The molecule has 1 aliphatic heterocycles. The average molecular weight is 290 g/mol. The monoisotopic (exact) mass is 290 g/mol. The highest BCUT2D eigenvalue weighted by Crippen LogP contribution is 2.19. The van der Waals surface area contributed by atoms with Gasteiger partial charge in [-0.15, -0.1) is 0 Å². The quantitative estimate of drug-likeness (QED) is 0.836. The zero-order valence-corrected chi connectivity index (χ0v) is 13.8. The molecule has 118 valence electrons. The summed E-state index contributed by atoms with van der Waals surface area (Å²) in [5.41, 5.74) is 1.18. The first-order chi connectivity index (χ1) is 10.2. The van der Waals surface area contributed by atoms with E-state index in [0.717, 1.165) is 31.2 Å². The Kier molecular flexibility index (Phi) is 6.46. The number of hydrogen-bond acceptors (Lipinski definition) is 4. The van der Waals surface area contributed by atoms with Crippen LogP contribution in [0.25, 0.3) is 0 Å². The Morgan fingerprint density at radius 3 is 2.71 bits per heavy atom. The van der Waals surface area contributed by atoms with Crippen LogP contribution in [0.15, 0.2) is 18.2 Å². The summed E-state index contributed by atoms with van der Waals surface area (Å²) in [7, 11) is 4.34. The van der Waals surface area contributed by atoms with E-state index in [2.05, 4.69) is 54.3 Å². The summed E-state index contributed by atoms with van der Waals surface area (Å²) in [5, 5.41) is 3.37. The van der Waals surface area contributed by atoms with Crippen molar-refractivity contribution < 1.29 is 0 Å². The highest BCUT2D eigenvalue weighted by Gasteiger charge is 2.19. The number of anilines is 1. The van der Waals surface area contributed by atoms with Gasteiger partial charge in [-0.25, -0.2) is 4.98 Å². The molecule has 0 unspecified atom stereocenters. The number of aromatic nitrogens is 1. The molecule has 1 aromatic rings. The second-order valence-corrected chi connectivity index (χ2v) is 6.42. The third-order valence-corrected chi connectivity index (χ3v) is 4.08. The molecule has 2 rings (SSSR count). The van der Waals surface area contributed by atoms with Crippen molar-refractivity contribution in [3.8, 4) is 0 Å². The lowest BCUT2D eigenvalue weighted by Gasteiger charge is -2.33. The Morgan fingerprint density at radius 1 is 1.29 bits per heavy atom. The summed E-state index contributed by atoms with van der Waals surface area (Å²) in [6, 6.07) is 6.31. The highest BCUT2D eigenvalue weighted by molar-refractivity contribution is 5.35. The van der Waals surface area contributed by atoms with Gasteiger partial charge in [0.1, 0.15) is 5.82 Å². The van der Waals surface area contributed by atoms with Crippen molar-refractivity contribution in [1.29, 1.82) is 0 Å². The molecule has 0 amide bonds. The van der Waals surface area contributed by atoms with Crippen LogP contribution in [0.4, 0.5) is 5.82 Å². The van der Waals surface area contributed by atoms with Crippen LogP contribution in [0, 0.1) is 5.92 Å². The molecular formula is C17H30N4. The van der Waals surface area contributed by atoms with Crippen molar-refractivity contribution in [2.45, 2.75) is 32.7 Å². The predicted octanol–water partition coefficient (Wildman–Crippen LogP) is 2.68. The van der Waals surface area contributed by atoms with Crippen LogP contribution in [0.3, 0.4) is 0 Å². The third-order valence-electron chi connectivity index (χ3n) is 4.08. The molecule has 1 aliphatic rings. The number of nitrogens with zero attached hydrogens (tertiary/aromatic N) is 3. The lowest BCUT2D eigenvalue weighted by Crippen LogP contribution is -2.36. The minimum atomic E-state index is 0.863. The Labute approximate surface area is 129 Å². The van der Waals surface area contributed by atoms with E-state index in [0.29, 0.717) is 0 Å². The number of nitrogens with one attached hydrogen (secondary N) is 1. The van der Waals surface area contributed by atoms with E-state index in [1.807, 2.05) is 0 Å². The third kappa shape index (κ3) is 5.64. The van der Waals surface area contributed by atoms with Gasteiger partial charge in [0.25, 0.3) is 0 Å². The fraction of sp³-hybridized carbons (Fsp3) is 0.706. The van der Waals surface area contributed by atoms with E-state index < -0.39 is 0 Å². The average Bonchev–Trinajstić information content (AvgIpc) is 2.47. The first-order valence-electron chi connectivity index (χ1n) is 8.24. The minimum Gasteiger partial charge on any atom is -0.370 e. The summed E-state index contributed by atoms with van der Waals surface area (Å²) >= 11 is 0. The standard InChI is InChI=1S/C17H30N4/c1-4-10-18-17-7-5-6-16(19-17)14-21-11-8-15(9-12-21)13-20(2)3/h5-7,15H,4,8-14H2,1-3H3,(H,18,19). The zero-order chi connectivity index (χ0) is 15.1. The largest absolute Gasteiger partial charge is 0.370 e. The molecule has 21 heavy (non-hydrogen) atoms. The Hall–Kier alpha value is -1.13. The number of hydrogen-bond donors (Lipinski definition) is 1. The van der Waals surface area contributed by atoms with Crippen molar-refractivity contribution in [1.82, 2.24) is 14.8 Å². The molecule has 0 radical (unpaired) electrons. The van der Waals surface area contributed by atoms with E-state index >= 15 is 0 Å². The number of rotatable bonds is 7. The van der Waals surface area contributed by atoms with Crippen molar-refractivity contribution in [3.63, 3.8) is 0 Å². The van der Waals surface area contributed by atoms with E-state index in [9.17, 15) is 0 Å². The molecule has 0 atom stereocenters. The van der Waals surface area contributed by atoms with Gasteiger partial charge in [0.15, 0.2) is 0 Å². The van der Waals surface area contributed by atoms with Crippen molar-refractivity contribution >= 4 is 5.82 Å². The maximum atomic E-state index is 4.71. The van der Waals surface area contributed by atoms with Gasteiger partial charge in [-0.1, -0.05) is 13.0 Å². The van der Waals surface area contributed by atoms with Gasteiger partial charge in [0.05, 0.1) is 5.69 Å². The second-order valence-electron chi connectivity index (χ2n) is 6.42. The first-order valence-corrected chi connectivity index (χ1v) is 8.24. The van der Waals surface area contributed by atoms with Crippen LogP contribution in [0.5, 0.6) is 0 Å². The fourth-order valence-electron chi connectivity index (χ4n) is 2.99. The van der Waals surface area contributed by atoms with Crippen LogP contribution in [0.2, 0.25) is 0 Å². The number of piperidine rings is 1. The summed E-state index contributed by atoms with van der Waals surface area (Å²) in [4.78, 5) is 9.56. The summed E-state index contributed by atoms with van der Waals surface area (Å²) in [5.74, 6) is 1.87. The molecule has 4 nitrogen and oxygen atoms in total. The molecule has 0 bridgehead atoms. The van der Waals surface area contributed by atoms with Crippen LogP contribution in [-0.4, -0.2) is 55.1 Å². The van der Waals surface area contributed by atoms with Crippen LogP contribution in [-0.2, 0) is 6.54 Å². The number of pyridine rings is 1. The maximum absolute atomic E-state index is 4.71. The zero-order valence-electron chi connectivity index (χ0n) is 13.8. The fourth-order valence-corrected chi connectivity index (χ4v) is 2.99. The Bertz CT molecular complexity index is 411. The maximum Gasteiger partial charge on any atom is 0.126 e. The smallest absolute Gasteiger partial charge is 0.126 e. The summed E-state index contributed by atoms with van der Waals surface area (Å²) in [6.45, 7) is 7.78. The molecule has 0 spiro atoms. The van der Waals surface area contributed by atoms with Crippen LogP contribution in [0.1, 0.15) is 31.9 Å². The van der Waals surface area contributed by atoms with Gasteiger partial charge >= 0.3 is 0 Å². The number of likely N-dealkylation sites (tertiary alicyclic amines) is 1. The molecule has 1 saturated heterocycles. The lowest BCUT2D eigenvalue weighted by atomic mass is 9.96. The van der Waals surface area contributed by atoms with Crippen LogP contribution < -0.4 is 5.32 Å².